The number of aromatic nitrogens is 1. The number of rotatable bonds is 7. The molecule has 0 bridgehead atoms. The lowest BCUT2D eigenvalue weighted by Crippen LogP contribution is -2.16. The molecule has 6 nitrogen and oxygen atoms in total. The number of anilines is 2. The molecule has 0 aliphatic carbocycles. The van der Waals surface area contributed by atoms with E-state index < -0.39 is 0 Å². The highest BCUT2D eigenvalue weighted by Gasteiger charge is 2.15. The third-order valence-electron chi connectivity index (χ3n) is 6.74. The number of para-hydroxylation sites is 1. The maximum Gasteiger partial charge on any atom is 0.255 e. The molecule has 5 aromatic rings. The lowest BCUT2D eigenvalue weighted by atomic mass is 10.1. The molecule has 0 saturated heterocycles. The Labute approximate surface area is 231 Å². The quantitative estimate of drug-likeness (QED) is 0.210. The fourth-order valence-electron chi connectivity index (χ4n) is 4.80. The van der Waals surface area contributed by atoms with E-state index in [1.807, 2.05) is 24.3 Å². The first-order chi connectivity index (χ1) is 19.0. The summed E-state index contributed by atoms with van der Waals surface area (Å²) in [6, 6.07) is 30.5. The molecule has 2 heterocycles. The number of carbonyl (C=O) groups is 1. The van der Waals surface area contributed by atoms with E-state index in [0.29, 0.717) is 33.5 Å². The van der Waals surface area contributed by atoms with Gasteiger partial charge in [-0.05, 0) is 91.5 Å². The third-order valence-corrected chi connectivity index (χ3v) is 7.03. The van der Waals surface area contributed by atoms with Crippen LogP contribution in [0.2, 0.25) is 5.02 Å². The van der Waals surface area contributed by atoms with Gasteiger partial charge in [-0.25, -0.2) is 0 Å². The van der Waals surface area contributed by atoms with Crippen LogP contribution in [-0.2, 0) is 6.54 Å². The Hall–Kier alpha value is -4.68. The molecular formula is C32H27ClN4O2. The minimum absolute atomic E-state index is 0.218. The minimum atomic E-state index is -0.218. The van der Waals surface area contributed by atoms with Crippen LogP contribution in [0.1, 0.15) is 22.5 Å². The molecule has 194 valence electrons. The number of fused-ring (bicyclic) bond motifs is 1. The van der Waals surface area contributed by atoms with Gasteiger partial charge in [-0.1, -0.05) is 35.9 Å². The number of carbonyl (C=O) groups excluding carboxylic acids is 1. The van der Waals surface area contributed by atoms with Crippen LogP contribution in [0.15, 0.2) is 109 Å². The molecule has 1 aromatic heterocycles. The van der Waals surface area contributed by atoms with Gasteiger partial charge in [0.1, 0.15) is 11.5 Å². The molecule has 3 N–H and O–H groups in total. The summed E-state index contributed by atoms with van der Waals surface area (Å²) in [5, 5.41) is 4.51. The molecular weight excluding hydrogens is 508 g/mol. The third kappa shape index (κ3) is 5.33. The van der Waals surface area contributed by atoms with E-state index in [9.17, 15) is 4.79 Å². The van der Waals surface area contributed by atoms with E-state index in [0.717, 1.165) is 30.7 Å². The van der Waals surface area contributed by atoms with Crippen molar-refractivity contribution in [2.45, 2.75) is 13.0 Å². The number of nitrogens with zero attached hydrogens (tertiary/aromatic N) is 2. The summed E-state index contributed by atoms with van der Waals surface area (Å²) in [7, 11) is 0. The Morgan fingerprint density at radius 2 is 1.74 bits per heavy atom. The maximum atomic E-state index is 13.0. The van der Waals surface area contributed by atoms with Crippen LogP contribution in [-0.4, -0.2) is 21.9 Å². The van der Waals surface area contributed by atoms with Crippen LogP contribution < -0.4 is 15.8 Å². The molecule has 0 atom stereocenters. The molecule has 4 aromatic carbocycles. The summed E-state index contributed by atoms with van der Waals surface area (Å²) < 4.78 is 8.10. The van der Waals surface area contributed by atoms with Crippen molar-refractivity contribution in [2.75, 3.05) is 17.6 Å². The number of nitrogen functional groups attached to an aromatic ring is 1. The van der Waals surface area contributed by atoms with E-state index in [4.69, 9.17) is 22.1 Å². The van der Waals surface area contributed by atoms with Gasteiger partial charge in [-0.3, -0.25) is 4.79 Å². The molecule has 0 radical (unpaired) electrons. The molecule has 7 heteroatoms. The first-order valence-corrected chi connectivity index (χ1v) is 13.2. The highest BCUT2D eigenvalue weighted by atomic mass is 35.5. The Morgan fingerprint density at radius 3 is 2.49 bits per heavy atom. The van der Waals surface area contributed by atoms with Crippen LogP contribution >= 0.6 is 11.6 Å². The smallest absolute Gasteiger partial charge is 0.255 e. The van der Waals surface area contributed by atoms with Crippen LogP contribution in [0, 0.1) is 0 Å². The summed E-state index contributed by atoms with van der Waals surface area (Å²) in [5.74, 6) is 0.895. The highest BCUT2D eigenvalue weighted by molar-refractivity contribution is 6.32. The summed E-state index contributed by atoms with van der Waals surface area (Å²) in [6.07, 6.45) is 5.44. The van der Waals surface area contributed by atoms with E-state index in [1.54, 1.807) is 42.5 Å². The predicted octanol–water partition coefficient (Wildman–Crippen LogP) is 7.63. The number of ether oxygens (including phenoxy) is 1. The van der Waals surface area contributed by atoms with E-state index in [2.05, 4.69) is 57.4 Å². The average Bonchev–Trinajstić information content (AvgIpc) is 3.59. The second-order valence-electron chi connectivity index (χ2n) is 9.49. The van der Waals surface area contributed by atoms with Crippen molar-refractivity contribution in [1.82, 2.24) is 9.47 Å². The van der Waals surface area contributed by atoms with Gasteiger partial charge in [0.2, 0.25) is 0 Å². The van der Waals surface area contributed by atoms with Crippen molar-refractivity contribution in [3.63, 3.8) is 0 Å². The van der Waals surface area contributed by atoms with Gasteiger partial charge in [-0.15, -0.1) is 0 Å². The summed E-state index contributed by atoms with van der Waals surface area (Å²) >= 11 is 6.43. The maximum absolute atomic E-state index is 13.0. The number of hydrogen-bond donors (Lipinski definition) is 2. The van der Waals surface area contributed by atoms with Gasteiger partial charge in [0, 0.05) is 40.3 Å². The molecule has 1 aliphatic heterocycles. The van der Waals surface area contributed by atoms with Crippen molar-refractivity contribution >= 4 is 39.8 Å². The monoisotopic (exact) mass is 534 g/mol. The Bertz CT molecular complexity index is 1670. The van der Waals surface area contributed by atoms with E-state index >= 15 is 0 Å². The Kier molecular flexibility index (Phi) is 6.69. The largest absolute Gasteiger partial charge is 0.456 e. The second kappa shape index (κ2) is 10.6. The van der Waals surface area contributed by atoms with Crippen LogP contribution in [0.25, 0.3) is 16.6 Å². The van der Waals surface area contributed by atoms with Gasteiger partial charge in [0.15, 0.2) is 0 Å². The molecule has 0 saturated carbocycles. The SMILES string of the molecule is Nc1ccc(Oc2ccc(NC(=O)c3ccc(-n4c(CN5C=CCC5)cc5ccccc54)cc3)cc2Cl)cc1. The van der Waals surface area contributed by atoms with E-state index in [1.165, 1.54) is 11.1 Å². The van der Waals surface area contributed by atoms with Crippen molar-refractivity contribution in [2.24, 2.45) is 0 Å². The molecule has 1 amide bonds. The zero-order valence-corrected chi connectivity index (χ0v) is 21.9. The van der Waals surface area contributed by atoms with Crippen LogP contribution in [0.3, 0.4) is 0 Å². The first kappa shape index (κ1) is 24.6. The normalized spacial score (nSPS) is 12.7. The average molecular weight is 535 g/mol. The lowest BCUT2D eigenvalue weighted by Gasteiger charge is -2.18. The van der Waals surface area contributed by atoms with Crippen molar-refractivity contribution in [3.05, 3.63) is 126 Å². The topological polar surface area (TPSA) is 72.5 Å². The lowest BCUT2D eigenvalue weighted by molar-refractivity contribution is 0.102. The first-order valence-electron chi connectivity index (χ1n) is 12.8. The summed E-state index contributed by atoms with van der Waals surface area (Å²) in [4.78, 5) is 15.3. The number of amides is 1. The number of nitrogens with one attached hydrogen (secondary N) is 1. The molecule has 39 heavy (non-hydrogen) atoms. The summed E-state index contributed by atoms with van der Waals surface area (Å²) in [5.41, 5.74) is 10.9. The fraction of sp³-hybridized carbons (Fsp3) is 0.0938. The van der Waals surface area contributed by atoms with E-state index in [-0.39, 0.29) is 5.91 Å². The molecule has 0 spiro atoms. The summed E-state index contributed by atoms with van der Waals surface area (Å²) in [6.45, 7) is 1.85. The fourth-order valence-corrected chi connectivity index (χ4v) is 5.02. The highest BCUT2D eigenvalue weighted by Crippen LogP contribution is 2.32. The predicted molar refractivity (Wildman–Crippen MR) is 158 cm³/mol. The standard InChI is InChI=1S/C32H27ClN4O2/c33-29-20-25(11-16-31(29)39-28-14-9-24(34)10-15-28)35-32(38)22-7-12-26(13-8-22)37-27(21-36-17-3-4-18-36)19-23-5-1-2-6-30(23)37/h1-3,5-17,19-20H,4,18,21,34H2,(H,35,38). The van der Waals surface area contributed by atoms with Crippen molar-refractivity contribution in [3.8, 4) is 17.2 Å². The van der Waals surface area contributed by atoms with Gasteiger partial charge in [0.05, 0.1) is 17.1 Å². The van der Waals surface area contributed by atoms with Gasteiger partial charge in [0.25, 0.3) is 5.91 Å². The zero-order valence-electron chi connectivity index (χ0n) is 21.2. The number of halogens is 1. The van der Waals surface area contributed by atoms with Gasteiger partial charge in [-0.2, -0.15) is 0 Å². The molecule has 6 rings (SSSR count). The number of hydrogen-bond acceptors (Lipinski definition) is 4. The molecule has 0 unspecified atom stereocenters. The molecule has 0 fully saturated rings. The van der Waals surface area contributed by atoms with Gasteiger partial charge >= 0.3 is 0 Å². The number of benzene rings is 4. The van der Waals surface area contributed by atoms with Crippen molar-refractivity contribution < 1.29 is 9.53 Å². The zero-order chi connectivity index (χ0) is 26.8. The van der Waals surface area contributed by atoms with Gasteiger partial charge < -0.3 is 25.3 Å². The molecule has 1 aliphatic rings. The van der Waals surface area contributed by atoms with Crippen molar-refractivity contribution in [1.29, 1.82) is 0 Å². The number of nitrogens with two attached hydrogens (primary N) is 1. The minimum Gasteiger partial charge on any atom is -0.456 e. The second-order valence-corrected chi connectivity index (χ2v) is 9.90. The Balaban J connectivity index is 1.19. The van der Waals surface area contributed by atoms with Crippen LogP contribution in [0.5, 0.6) is 11.5 Å². The van der Waals surface area contributed by atoms with Crippen LogP contribution in [0.4, 0.5) is 11.4 Å². The Morgan fingerprint density at radius 1 is 0.949 bits per heavy atom.